The van der Waals surface area contributed by atoms with Gasteiger partial charge in [0.05, 0.1) is 26.0 Å². The third-order valence-electron chi connectivity index (χ3n) is 2.99. The number of nitrogens with zero attached hydrogens (tertiary/aromatic N) is 3. The van der Waals surface area contributed by atoms with Crippen molar-refractivity contribution < 1.29 is 9.47 Å². The Labute approximate surface area is 133 Å². The third-order valence-corrected chi connectivity index (χ3v) is 2.99. The molecular weight excluding hydrogens is 282 g/mol. The molecule has 1 aromatic rings. The molecule has 0 bridgehead atoms. The van der Waals surface area contributed by atoms with E-state index < -0.39 is 0 Å². The number of nitrogens with one attached hydrogen (secondary N) is 2. The summed E-state index contributed by atoms with van der Waals surface area (Å²) in [5.74, 6) is 0.756. The van der Waals surface area contributed by atoms with E-state index in [0.29, 0.717) is 32.9 Å². The lowest BCUT2D eigenvalue weighted by Crippen LogP contribution is -2.38. The molecule has 22 heavy (non-hydrogen) atoms. The van der Waals surface area contributed by atoms with Gasteiger partial charge in [-0.1, -0.05) is 13.3 Å². The number of rotatable bonds is 11. The summed E-state index contributed by atoms with van der Waals surface area (Å²) < 4.78 is 12.7. The van der Waals surface area contributed by atoms with Gasteiger partial charge in [-0.25, -0.2) is 0 Å². The Kier molecular flexibility index (Phi) is 10.1. The van der Waals surface area contributed by atoms with Crippen molar-refractivity contribution in [1.29, 1.82) is 0 Å². The summed E-state index contributed by atoms with van der Waals surface area (Å²) in [4.78, 5) is 4.16. The van der Waals surface area contributed by atoms with Gasteiger partial charge in [0.1, 0.15) is 0 Å². The fourth-order valence-electron chi connectivity index (χ4n) is 1.78. The molecule has 0 atom stereocenters. The maximum Gasteiger partial charge on any atom is 0.191 e. The van der Waals surface area contributed by atoms with Gasteiger partial charge in [-0.2, -0.15) is 5.10 Å². The van der Waals surface area contributed by atoms with Crippen molar-refractivity contribution in [3.8, 4) is 0 Å². The molecule has 7 heteroatoms. The molecule has 7 nitrogen and oxygen atoms in total. The molecule has 0 saturated heterocycles. The number of ether oxygens (including phenoxy) is 2. The van der Waals surface area contributed by atoms with Crippen LogP contribution in [0.15, 0.2) is 17.4 Å². The highest BCUT2D eigenvalue weighted by atomic mass is 16.5. The summed E-state index contributed by atoms with van der Waals surface area (Å²) in [6.45, 7) is 6.30. The summed E-state index contributed by atoms with van der Waals surface area (Å²) in [7, 11) is 3.65. The number of guanidine groups is 1. The number of hydrogen-bond donors (Lipinski definition) is 2. The normalized spacial score (nSPS) is 11.7. The van der Waals surface area contributed by atoms with Gasteiger partial charge in [0, 0.05) is 45.6 Å². The monoisotopic (exact) mass is 311 g/mol. The quantitative estimate of drug-likeness (QED) is 0.361. The Hall–Kier alpha value is -1.60. The molecule has 0 aliphatic heterocycles. The minimum absolute atomic E-state index is 0.630. The molecule has 0 amide bonds. The first-order valence-corrected chi connectivity index (χ1v) is 7.83. The zero-order valence-electron chi connectivity index (χ0n) is 14.0. The first kappa shape index (κ1) is 18.4. The maximum absolute atomic E-state index is 5.49. The number of aryl methyl sites for hydroxylation is 1. The van der Waals surface area contributed by atoms with Crippen LogP contribution in [0.2, 0.25) is 0 Å². The van der Waals surface area contributed by atoms with Gasteiger partial charge in [-0.3, -0.25) is 9.67 Å². The summed E-state index contributed by atoms with van der Waals surface area (Å²) in [5, 5.41) is 10.6. The van der Waals surface area contributed by atoms with E-state index in [1.54, 1.807) is 11.7 Å². The summed E-state index contributed by atoms with van der Waals surface area (Å²) in [6.07, 6.45) is 6.08. The van der Waals surface area contributed by atoms with E-state index in [2.05, 4.69) is 27.6 Å². The van der Waals surface area contributed by atoms with Gasteiger partial charge < -0.3 is 20.1 Å². The molecule has 0 aliphatic carbocycles. The van der Waals surface area contributed by atoms with E-state index >= 15 is 0 Å². The summed E-state index contributed by atoms with van der Waals surface area (Å²) in [5.41, 5.74) is 1.12. The van der Waals surface area contributed by atoms with Gasteiger partial charge in [-0.15, -0.1) is 0 Å². The van der Waals surface area contributed by atoms with E-state index in [9.17, 15) is 0 Å². The fourth-order valence-corrected chi connectivity index (χ4v) is 1.78. The van der Waals surface area contributed by atoms with E-state index in [0.717, 1.165) is 31.0 Å². The maximum atomic E-state index is 5.49. The van der Waals surface area contributed by atoms with Crippen molar-refractivity contribution in [3.05, 3.63) is 18.0 Å². The molecule has 0 unspecified atom stereocenters. The second-order valence-electron chi connectivity index (χ2n) is 4.95. The third kappa shape index (κ3) is 8.63. The second kappa shape index (κ2) is 12.0. The molecule has 1 heterocycles. The van der Waals surface area contributed by atoms with E-state index in [1.807, 2.05) is 19.4 Å². The number of aromatic nitrogens is 2. The fraction of sp³-hybridized carbons (Fsp3) is 0.733. The van der Waals surface area contributed by atoms with Gasteiger partial charge in [0.15, 0.2) is 5.96 Å². The SMILES string of the molecule is CCCCOCCOCCNC(=NC)NCc1cnn(C)c1. The Morgan fingerprint density at radius 1 is 1.23 bits per heavy atom. The van der Waals surface area contributed by atoms with Crippen LogP contribution < -0.4 is 10.6 Å². The average Bonchev–Trinajstić information content (AvgIpc) is 2.94. The first-order chi connectivity index (χ1) is 10.8. The summed E-state index contributed by atoms with van der Waals surface area (Å²) in [6, 6.07) is 0. The van der Waals surface area contributed by atoms with Crippen molar-refractivity contribution >= 4 is 5.96 Å². The Morgan fingerprint density at radius 3 is 2.64 bits per heavy atom. The van der Waals surface area contributed by atoms with Crippen LogP contribution in [0.25, 0.3) is 0 Å². The minimum Gasteiger partial charge on any atom is -0.379 e. The molecule has 1 aromatic heterocycles. The highest BCUT2D eigenvalue weighted by Gasteiger charge is 1.99. The molecule has 0 spiro atoms. The Balaban J connectivity index is 2.00. The lowest BCUT2D eigenvalue weighted by Gasteiger charge is -2.11. The number of aliphatic imine (C=N–C) groups is 1. The van der Waals surface area contributed by atoms with Crippen molar-refractivity contribution in [1.82, 2.24) is 20.4 Å². The largest absolute Gasteiger partial charge is 0.379 e. The molecule has 0 saturated carbocycles. The van der Waals surface area contributed by atoms with Crippen molar-refractivity contribution in [3.63, 3.8) is 0 Å². The van der Waals surface area contributed by atoms with Crippen LogP contribution in [-0.4, -0.2) is 55.8 Å². The predicted octanol–water partition coefficient (Wildman–Crippen LogP) is 0.918. The zero-order chi connectivity index (χ0) is 16.0. The van der Waals surface area contributed by atoms with E-state index in [4.69, 9.17) is 9.47 Å². The van der Waals surface area contributed by atoms with Crippen molar-refractivity contribution in [2.24, 2.45) is 12.0 Å². The van der Waals surface area contributed by atoms with Crippen molar-refractivity contribution in [2.75, 3.05) is 40.0 Å². The lowest BCUT2D eigenvalue weighted by atomic mass is 10.4. The average molecular weight is 311 g/mol. The van der Waals surface area contributed by atoms with Gasteiger partial charge >= 0.3 is 0 Å². The van der Waals surface area contributed by atoms with Crippen LogP contribution in [0.1, 0.15) is 25.3 Å². The van der Waals surface area contributed by atoms with Crippen LogP contribution in [-0.2, 0) is 23.1 Å². The van der Waals surface area contributed by atoms with Crippen LogP contribution in [0.3, 0.4) is 0 Å². The smallest absolute Gasteiger partial charge is 0.191 e. The van der Waals surface area contributed by atoms with Crippen molar-refractivity contribution in [2.45, 2.75) is 26.3 Å². The molecule has 0 radical (unpaired) electrons. The molecule has 0 aliphatic rings. The molecular formula is C15H29N5O2. The molecule has 126 valence electrons. The zero-order valence-corrected chi connectivity index (χ0v) is 14.0. The second-order valence-corrected chi connectivity index (χ2v) is 4.95. The topological polar surface area (TPSA) is 72.7 Å². The van der Waals surface area contributed by atoms with Gasteiger partial charge in [-0.05, 0) is 6.42 Å². The highest BCUT2D eigenvalue weighted by molar-refractivity contribution is 5.79. The molecule has 2 N–H and O–H groups in total. The number of unbranched alkanes of at least 4 members (excludes halogenated alkanes) is 1. The number of hydrogen-bond acceptors (Lipinski definition) is 4. The van der Waals surface area contributed by atoms with Crippen LogP contribution in [0, 0.1) is 0 Å². The Bertz CT molecular complexity index is 420. The summed E-state index contributed by atoms with van der Waals surface area (Å²) >= 11 is 0. The lowest BCUT2D eigenvalue weighted by molar-refractivity contribution is 0.0487. The van der Waals surface area contributed by atoms with Gasteiger partial charge in [0.25, 0.3) is 0 Å². The molecule has 1 rings (SSSR count). The van der Waals surface area contributed by atoms with E-state index in [-0.39, 0.29) is 0 Å². The first-order valence-electron chi connectivity index (χ1n) is 7.83. The van der Waals surface area contributed by atoms with Crippen LogP contribution >= 0.6 is 0 Å². The predicted molar refractivity (Wildman–Crippen MR) is 88.0 cm³/mol. The van der Waals surface area contributed by atoms with Crippen LogP contribution in [0.5, 0.6) is 0 Å². The Morgan fingerprint density at radius 2 is 2.00 bits per heavy atom. The molecule has 0 aromatic carbocycles. The van der Waals surface area contributed by atoms with Gasteiger partial charge in [0.2, 0.25) is 0 Å². The highest BCUT2D eigenvalue weighted by Crippen LogP contribution is 1.94. The minimum atomic E-state index is 0.630. The molecule has 0 fully saturated rings. The standard InChI is InChI=1S/C15H29N5O2/c1-4-5-7-21-9-10-22-8-6-17-15(16-2)18-11-14-12-19-20(3)13-14/h12-13H,4-11H2,1-3H3,(H2,16,17,18). The van der Waals surface area contributed by atoms with E-state index in [1.165, 1.54) is 0 Å². The van der Waals surface area contributed by atoms with Crippen LogP contribution in [0.4, 0.5) is 0 Å².